The van der Waals surface area contributed by atoms with E-state index in [9.17, 15) is 18.0 Å². The van der Waals surface area contributed by atoms with E-state index < -0.39 is 15.9 Å². The largest absolute Gasteiger partial charge is 0.340 e. The average molecular weight is 472 g/mol. The standard InChI is InChI=1S/C21H21N5O4S2/c1-15(27)25-11-13-26(14-12-25)32(29,30)18-9-7-17(8-10-18)20(28)23-21-22-19(24-31-21)16-5-3-2-4-6-16/h2-10H,11-14H2,1H3,(H,22,23,24,28). The summed E-state index contributed by atoms with van der Waals surface area (Å²) < 4.78 is 31.4. The number of hydrogen-bond donors (Lipinski definition) is 1. The third-order valence-electron chi connectivity index (χ3n) is 5.12. The molecule has 4 rings (SSSR count). The van der Waals surface area contributed by atoms with E-state index in [0.29, 0.717) is 29.6 Å². The van der Waals surface area contributed by atoms with Crippen LogP contribution in [0.2, 0.25) is 0 Å². The van der Waals surface area contributed by atoms with E-state index in [1.54, 1.807) is 4.90 Å². The first-order valence-electron chi connectivity index (χ1n) is 9.91. The van der Waals surface area contributed by atoms with E-state index in [-0.39, 0.29) is 23.9 Å². The number of rotatable bonds is 5. The van der Waals surface area contributed by atoms with Crippen LogP contribution >= 0.6 is 11.5 Å². The van der Waals surface area contributed by atoms with E-state index in [4.69, 9.17) is 0 Å². The van der Waals surface area contributed by atoms with Gasteiger partial charge in [-0.15, -0.1) is 0 Å². The third-order valence-corrected chi connectivity index (χ3v) is 7.66. The van der Waals surface area contributed by atoms with Gasteiger partial charge in [0.05, 0.1) is 4.90 Å². The molecule has 1 N–H and O–H groups in total. The summed E-state index contributed by atoms with van der Waals surface area (Å²) in [5.41, 5.74) is 1.16. The molecule has 0 radical (unpaired) electrons. The molecule has 0 saturated carbocycles. The monoisotopic (exact) mass is 471 g/mol. The van der Waals surface area contributed by atoms with Gasteiger partial charge < -0.3 is 4.90 Å². The van der Waals surface area contributed by atoms with E-state index in [1.165, 1.54) is 35.5 Å². The number of hydrogen-bond acceptors (Lipinski definition) is 7. The zero-order valence-electron chi connectivity index (χ0n) is 17.3. The first-order valence-corrected chi connectivity index (χ1v) is 12.1. The summed E-state index contributed by atoms with van der Waals surface area (Å²) in [6, 6.07) is 15.2. The molecule has 2 amide bonds. The Labute approximate surface area is 189 Å². The van der Waals surface area contributed by atoms with Gasteiger partial charge in [0.2, 0.25) is 21.1 Å². The number of carbonyl (C=O) groups excluding carboxylic acids is 2. The van der Waals surface area contributed by atoms with Crippen molar-refractivity contribution in [3.05, 3.63) is 60.2 Å². The summed E-state index contributed by atoms with van der Waals surface area (Å²) in [5.74, 6) is 0.0562. The molecule has 2 heterocycles. The molecule has 1 aliphatic heterocycles. The van der Waals surface area contributed by atoms with Crippen molar-refractivity contribution in [2.45, 2.75) is 11.8 Å². The predicted molar refractivity (Wildman–Crippen MR) is 121 cm³/mol. The minimum atomic E-state index is -3.70. The van der Waals surface area contributed by atoms with Crippen molar-refractivity contribution in [1.29, 1.82) is 0 Å². The highest BCUT2D eigenvalue weighted by Gasteiger charge is 2.29. The summed E-state index contributed by atoms with van der Waals surface area (Å²) in [5, 5.41) is 3.05. The highest BCUT2D eigenvalue weighted by molar-refractivity contribution is 7.89. The van der Waals surface area contributed by atoms with Gasteiger partial charge in [0.1, 0.15) is 0 Å². The molecule has 0 spiro atoms. The van der Waals surface area contributed by atoms with Crippen LogP contribution in [0.1, 0.15) is 17.3 Å². The van der Waals surface area contributed by atoms with E-state index >= 15 is 0 Å². The van der Waals surface area contributed by atoms with Crippen LogP contribution in [-0.4, -0.2) is 65.0 Å². The van der Waals surface area contributed by atoms with Gasteiger partial charge in [-0.1, -0.05) is 30.3 Å². The summed E-state index contributed by atoms with van der Waals surface area (Å²) in [6.07, 6.45) is 0. The summed E-state index contributed by atoms with van der Waals surface area (Å²) >= 11 is 1.07. The van der Waals surface area contributed by atoms with Gasteiger partial charge in [0.15, 0.2) is 5.82 Å². The van der Waals surface area contributed by atoms with E-state index in [1.807, 2.05) is 30.3 Å². The maximum Gasteiger partial charge on any atom is 0.257 e. The molecule has 32 heavy (non-hydrogen) atoms. The summed E-state index contributed by atoms with van der Waals surface area (Å²) in [6.45, 7) is 2.68. The molecule has 0 atom stereocenters. The Kier molecular flexibility index (Phi) is 6.31. The van der Waals surface area contributed by atoms with Crippen LogP contribution in [0.4, 0.5) is 5.13 Å². The number of nitrogens with one attached hydrogen (secondary N) is 1. The lowest BCUT2D eigenvalue weighted by Crippen LogP contribution is -2.49. The zero-order chi connectivity index (χ0) is 22.7. The molecule has 0 unspecified atom stereocenters. The van der Waals surface area contributed by atoms with Crippen LogP contribution in [0.3, 0.4) is 0 Å². The van der Waals surface area contributed by atoms with E-state index in [0.717, 1.165) is 17.1 Å². The van der Waals surface area contributed by atoms with Gasteiger partial charge in [-0.05, 0) is 24.3 Å². The van der Waals surface area contributed by atoms with Crippen LogP contribution in [0.25, 0.3) is 11.4 Å². The molecule has 3 aromatic rings. The van der Waals surface area contributed by atoms with Gasteiger partial charge in [-0.2, -0.15) is 13.7 Å². The zero-order valence-corrected chi connectivity index (χ0v) is 18.9. The highest BCUT2D eigenvalue weighted by Crippen LogP contribution is 2.22. The van der Waals surface area contributed by atoms with Crippen LogP contribution in [0, 0.1) is 0 Å². The number of amides is 2. The lowest BCUT2D eigenvalue weighted by molar-refractivity contribution is -0.129. The molecule has 1 aromatic heterocycles. The fourth-order valence-electron chi connectivity index (χ4n) is 3.32. The number of nitrogens with zero attached hydrogens (tertiary/aromatic N) is 4. The van der Waals surface area contributed by atoms with Crippen molar-refractivity contribution in [3.63, 3.8) is 0 Å². The average Bonchev–Trinajstić information content (AvgIpc) is 3.28. The first kappa shape index (κ1) is 22.1. The molecular weight excluding hydrogens is 450 g/mol. The van der Waals surface area contributed by atoms with Gasteiger partial charge in [0, 0.05) is 55.8 Å². The second kappa shape index (κ2) is 9.15. The topological polar surface area (TPSA) is 113 Å². The number of piperazine rings is 1. The normalized spacial score (nSPS) is 14.8. The van der Waals surface area contributed by atoms with Crippen LogP contribution < -0.4 is 5.32 Å². The Morgan fingerprint density at radius 3 is 2.25 bits per heavy atom. The first-order chi connectivity index (χ1) is 15.3. The number of carbonyl (C=O) groups is 2. The van der Waals surface area contributed by atoms with Gasteiger partial charge >= 0.3 is 0 Å². The lowest BCUT2D eigenvalue weighted by atomic mass is 10.2. The Balaban J connectivity index is 1.42. The Bertz CT molecular complexity index is 1220. The Morgan fingerprint density at radius 1 is 0.969 bits per heavy atom. The number of sulfonamides is 1. The SMILES string of the molecule is CC(=O)N1CCN(S(=O)(=O)c2ccc(C(=O)Nc3nc(-c4ccccc4)ns3)cc2)CC1. The van der Waals surface area contributed by atoms with Gasteiger partial charge in [0.25, 0.3) is 5.91 Å². The van der Waals surface area contributed by atoms with Crippen molar-refractivity contribution in [2.24, 2.45) is 0 Å². The van der Waals surface area contributed by atoms with Crippen molar-refractivity contribution >= 4 is 38.5 Å². The molecule has 1 aliphatic rings. The number of aromatic nitrogens is 2. The van der Waals surface area contributed by atoms with Crippen molar-refractivity contribution in [2.75, 3.05) is 31.5 Å². The van der Waals surface area contributed by atoms with Gasteiger partial charge in [-0.25, -0.2) is 8.42 Å². The quantitative estimate of drug-likeness (QED) is 0.611. The molecule has 1 fully saturated rings. The smallest absolute Gasteiger partial charge is 0.257 e. The minimum Gasteiger partial charge on any atom is -0.340 e. The van der Waals surface area contributed by atoms with Crippen LogP contribution in [0.5, 0.6) is 0 Å². The number of benzene rings is 2. The minimum absolute atomic E-state index is 0.0660. The molecule has 11 heteroatoms. The van der Waals surface area contributed by atoms with Crippen molar-refractivity contribution in [1.82, 2.24) is 18.6 Å². The van der Waals surface area contributed by atoms with Crippen LogP contribution in [0.15, 0.2) is 59.5 Å². The molecule has 9 nitrogen and oxygen atoms in total. The van der Waals surface area contributed by atoms with Crippen molar-refractivity contribution < 1.29 is 18.0 Å². The molecule has 0 aliphatic carbocycles. The third kappa shape index (κ3) is 4.69. The fourth-order valence-corrected chi connectivity index (χ4v) is 5.33. The second-order valence-electron chi connectivity index (χ2n) is 7.18. The summed E-state index contributed by atoms with van der Waals surface area (Å²) in [7, 11) is -3.70. The molecule has 166 valence electrons. The predicted octanol–water partition coefficient (Wildman–Crippen LogP) is 2.31. The summed E-state index contributed by atoms with van der Waals surface area (Å²) in [4.78, 5) is 30.0. The highest BCUT2D eigenvalue weighted by atomic mass is 32.2. The molecular formula is C21H21N5O4S2. The van der Waals surface area contributed by atoms with Crippen LogP contribution in [-0.2, 0) is 14.8 Å². The second-order valence-corrected chi connectivity index (χ2v) is 9.87. The maximum atomic E-state index is 12.9. The number of anilines is 1. The Hall–Kier alpha value is -3.15. The maximum absolute atomic E-state index is 12.9. The Morgan fingerprint density at radius 2 is 1.62 bits per heavy atom. The molecule has 2 aromatic carbocycles. The van der Waals surface area contributed by atoms with E-state index in [2.05, 4.69) is 14.7 Å². The molecule has 0 bridgehead atoms. The molecule has 1 saturated heterocycles. The van der Waals surface area contributed by atoms with Crippen molar-refractivity contribution in [3.8, 4) is 11.4 Å². The lowest BCUT2D eigenvalue weighted by Gasteiger charge is -2.33. The fraction of sp³-hybridized carbons (Fsp3) is 0.238. The van der Waals surface area contributed by atoms with Gasteiger partial charge in [-0.3, -0.25) is 14.9 Å².